The maximum Gasteiger partial charge on any atom is 0.233 e. The second-order valence-electron chi connectivity index (χ2n) is 4.00. The number of halogens is 1. The standard InChI is InChI=1S/C11H10ClN3O2S/c12-7-2-1-3-13-9(7)10-14-11(17-15-10)6-4-18-5-8(6)16/h1-3,6,8,16H,4-5H2. The zero-order valence-electron chi connectivity index (χ0n) is 9.28. The Morgan fingerprint density at radius 1 is 1.44 bits per heavy atom. The maximum absolute atomic E-state index is 9.79. The Kier molecular flexibility index (Phi) is 3.23. The molecule has 2 unspecified atom stereocenters. The van der Waals surface area contributed by atoms with E-state index in [1.807, 2.05) is 0 Å². The quantitative estimate of drug-likeness (QED) is 0.908. The summed E-state index contributed by atoms with van der Waals surface area (Å²) in [4.78, 5) is 8.40. The summed E-state index contributed by atoms with van der Waals surface area (Å²) < 4.78 is 5.20. The van der Waals surface area contributed by atoms with Crippen LogP contribution in [0, 0.1) is 0 Å². The first-order chi connectivity index (χ1) is 8.75. The minimum Gasteiger partial charge on any atom is -0.391 e. The van der Waals surface area contributed by atoms with E-state index in [1.54, 1.807) is 30.1 Å². The van der Waals surface area contributed by atoms with Crippen LogP contribution in [0.3, 0.4) is 0 Å². The average molecular weight is 284 g/mol. The SMILES string of the molecule is OC1CSCC1c1nc(-c2ncccc2Cl)no1. The minimum absolute atomic E-state index is 0.0984. The largest absolute Gasteiger partial charge is 0.391 e. The molecule has 2 atom stereocenters. The van der Waals surface area contributed by atoms with Crippen molar-refractivity contribution in [1.82, 2.24) is 15.1 Å². The molecule has 0 saturated carbocycles. The highest BCUT2D eigenvalue weighted by molar-refractivity contribution is 7.99. The van der Waals surface area contributed by atoms with E-state index in [9.17, 15) is 5.11 Å². The monoisotopic (exact) mass is 283 g/mol. The van der Waals surface area contributed by atoms with Gasteiger partial charge in [-0.25, -0.2) is 0 Å². The van der Waals surface area contributed by atoms with Crippen molar-refractivity contribution in [2.45, 2.75) is 12.0 Å². The minimum atomic E-state index is -0.428. The molecule has 1 aliphatic heterocycles. The van der Waals surface area contributed by atoms with Crippen LogP contribution in [0.4, 0.5) is 0 Å². The van der Waals surface area contributed by atoms with Crippen molar-refractivity contribution in [2.75, 3.05) is 11.5 Å². The van der Waals surface area contributed by atoms with Crippen LogP contribution in [-0.2, 0) is 0 Å². The van der Waals surface area contributed by atoms with Crippen molar-refractivity contribution >= 4 is 23.4 Å². The number of thioether (sulfide) groups is 1. The van der Waals surface area contributed by atoms with Crippen molar-refractivity contribution in [1.29, 1.82) is 0 Å². The second-order valence-corrected chi connectivity index (χ2v) is 5.48. The van der Waals surface area contributed by atoms with E-state index in [4.69, 9.17) is 16.1 Å². The Morgan fingerprint density at radius 3 is 3.06 bits per heavy atom. The Balaban J connectivity index is 1.92. The molecule has 1 fully saturated rings. The zero-order valence-corrected chi connectivity index (χ0v) is 10.9. The van der Waals surface area contributed by atoms with Gasteiger partial charge in [0.2, 0.25) is 11.7 Å². The van der Waals surface area contributed by atoms with Gasteiger partial charge in [-0.05, 0) is 12.1 Å². The Morgan fingerprint density at radius 2 is 2.33 bits per heavy atom. The molecule has 0 amide bonds. The van der Waals surface area contributed by atoms with Crippen LogP contribution in [0.2, 0.25) is 5.02 Å². The molecule has 0 spiro atoms. The van der Waals surface area contributed by atoms with Gasteiger partial charge < -0.3 is 9.63 Å². The fraction of sp³-hybridized carbons (Fsp3) is 0.364. The third-order valence-corrected chi connectivity index (χ3v) is 4.26. The van der Waals surface area contributed by atoms with Gasteiger partial charge in [0.15, 0.2) is 0 Å². The highest BCUT2D eigenvalue weighted by Gasteiger charge is 2.32. The highest BCUT2D eigenvalue weighted by atomic mass is 35.5. The van der Waals surface area contributed by atoms with Gasteiger partial charge in [0.25, 0.3) is 0 Å². The molecule has 7 heteroatoms. The van der Waals surface area contributed by atoms with E-state index in [-0.39, 0.29) is 5.92 Å². The molecular formula is C11H10ClN3O2S. The van der Waals surface area contributed by atoms with Crippen LogP contribution < -0.4 is 0 Å². The predicted octanol–water partition coefficient (Wildman–Crippen LogP) is 1.98. The fourth-order valence-electron chi connectivity index (χ4n) is 1.81. The van der Waals surface area contributed by atoms with Crippen LogP contribution in [0.15, 0.2) is 22.9 Å². The third kappa shape index (κ3) is 2.11. The Hall–Kier alpha value is -1.11. The van der Waals surface area contributed by atoms with Crippen LogP contribution >= 0.6 is 23.4 Å². The van der Waals surface area contributed by atoms with Gasteiger partial charge in [-0.3, -0.25) is 4.98 Å². The Labute approximate surface area is 113 Å². The van der Waals surface area contributed by atoms with Crippen molar-refractivity contribution in [3.05, 3.63) is 29.2 Å². The lowest BCUT2D eigenvalue weighted by molar-refractivity contribution is 0.164. The topological polar surface area (TPSA) is 72.0 Å². The van der Waals surface area contributed by atoms with E-state index in [1.165, 1.54) is 0 Å². The first kappa shape index (κ1) is 12.0. The molecule has 1 saturated heterocycles. The number of aliphatic hydroxyl groups excluding tert-OH is 1. The molecule has 0 aliphatic carbocycles. The highest BCUT2D eigenvalue weighted by Crippen LogP contribution is 2.33. The van der Waals surface area contributed by atoms with E-state index >= 15 is 0 Å². The first-order valence-electron chi connectivity index (χ1n) is 5.46. The molecule has 2 aromatic rings. The van der Waals surface area contributed by atoms with Gasteiger partial charge in [0, 0.05) is 17.7 Å². The maximum atomic E-state index is 9.79. The number of pyridine rings is 1. The molecule has 0 bridgehead atoms. The van der Waals surface area contributed by atoms with Crippen LogP contribution in [0.25, 0.3) is 11.5 Å². The number of rotatable bonds is 2. The zero-order chi connectivity index (χ0) is 12.5. The molecule has 2 aromatic heterocycles. The number of hydrogen-bond acceptors (Lipinski definition) is 6. The number of aromatic nitrogens is 3. The van der Waals surface area contributed by atoms with Gasteiger partial charge >= 0.3 is 0 Å². The summed E-state index contributed by atoms with van der Waals surface area (Å²) in [6.45, 7) is 0. The summed E-state index contributed by atoms with van der Waals surface area (Å²) in [7, 11) is 0. The fourth-order valence-corrected chi connectivity index (χ4v) is 3.25. The molecule has 3 rings (SSSR count). The number of aliphatic hydroxyl groups is 1. The lowest BCUT2D eigenvalue weighted by Crippen LogP contribution is -2.15. The van der Waals surface area contributed by atoms with E-state index < -0.39 is 6.10 Å². The van der Waals surface area contributed by atoms with Crippen LogP contribution in [-0.4, -0.2) is 37.8 Å². The summed E-state index contributed by atoms with van der Waals surface area (Å²) in [5.74, 6) is 2.20. The van der Waals surface area contributed by atoms with Gasteiger partial charge in [-0.1, -0.05) is 16.8 Å². The predicted molar refractivity (Wildman–Crippen MR) is 68.6 cm³/mol. The molecule has 5 nitrogen and oxygen atoms in total. The lowest BCUT2D eigenvalue weighted by Gasteiger charge is -2.06. The second kappa shape index (κ2) is 4.87. The van der Waals surface area contributed by atoms with E-state index in [2.05, 4.69) is 15.1 Å². The van der Waals surface area contributed by atoms with Crippen molar-refractivity contribution in [2.24, 2.45) is 0 Å². The summed E-state index contributed by atoms with van der Waals surface area (Å²) in [5.41, 5.74) is 0.495. The van der Waals surface area contributed by atoms with E-state index in [0.717, 1.165) is 5.75 Å². The lowest BCUT2D eigenvalue weighted by atomic mass is 10.1. The summed E-state index contributed by atoms with van der Waals surface area (Å²) in [5, 5.41) is 14.1. The smallest absolute Gasteiger partial charge is 0.233 e. The van der Waals surface area contributed by atoms with E-state index in [0.29, 0.717) is 28.2 Å². The first-order valence-corrected chi connectivity index (χ1v) is 6.99. The van der Waals surface area contributed by atoms with Crippen molar-refractivity contribution in [3.63, 3.8) is 0 Å². The number of hydrogen-bond donors (Lipinski definition) is 1. The molecule has 0 radical (unpaired) electrons. The van der Waals surface area contributed by atoms with Gasteiger partial charge in [0.1, 0.15) is 5.69 Å². The summed E-state index contributed by atoms with van der Waals surface area (Å²) in [6, 6.07) is 3.46. The molecule has 18 heavy (non-hydrogen) atoms. The molecular weight excluding hydrogens is 274 g/mol. The molecule has 1 aliphatic rings. The Bertz CT molecular complexity index is 563. The van der Waals surface area contributed by atoms with Gasteiger partial charge in [0.05, 0.1) is 17.0 Å². The molecule has 0 aromatic carbocycles. The van der Waals surface area contributed by atoms with Gasteiger partial charge in [-0.15, -0.1) is 0 Å². The molecule has 1 N–H and O–H groups in total. The summed E-state index contributed by atoms with van der Waals surface area (Å²) >= 11 is 7.69. The molecule has 94 valence electrons. The van der Waals surface area contributed by atoms with Crippen LogP contribution in [0.1, 0.15) is 11.8 Å². The average Bonchev–Trinajstić information content (AvgIpc) is 2.98. The third-order valence-electron chi connectivity index (χ3n) is 2.78. The molecule has 3 heterocycles. The van der Waals surface area contributed by atoms with Gasteiger partial charge in [-0.2, -0.15) is 16.7 Å². The summed E-state index contributed by atoms with van der Waals surface area (Å²) in [6.07, 6.45) is 1.19. The van der Waals surface area contributed by atoms with Crippen LogP contribution in [0.5, 0.6) is 0 Å². The normalized spacial score (nSPS) is 23.4. The van der Waals surface area contributed by atoms with Crippen molar-refractivity contribution < 1.29 is 9.63 Å². The van der Waals surface area contributed by atoms with Crippen molar-refractivity contribution in [3.8, 4) is 11.5 Å². The number of nitrogens with zero attached hydrogens (tertiary/aromatic N) is 3.